The molecular formula is C13H15NO3. The van der Waals surface area contributed by atoms with Gasteiger partial charge in [-0.1, -0.05) is 30.3 Å². The van der Waals surface area contributed by atoms with Gasteiger partial charge in [0.1, 0.15) is 5.92 Å². The molecule has 0 aromatic heterocycles. The van der Waals surface area contributed by atoms with E-state index in [1.54, 1.807) is 6.92 Å². The average molecular weight is 233 g/mol. The molecule has 1 aromatic carbocycles. The molecule has 1 aliphatic rings. The number of hydrogen-bond donors (Lipinski definition) is 1. The van der Waals surface area contributed by atoms with E-state index in [4.69, 9.17) is 4.74 Å². The summed E-state index contributed by atoms with van der Waals surface area (Å²) in [7, 11) is 0. The Morgan fingerprint density at radius 3 is 2.76 bits per heavy atom. The molecule has 0 saturated carbocycles. The summed E-state index contributed by atoms with van der Waals surface area (Å²) in [5.41, 5.74) is 0.990. The lowest BCUT2D eigenvalue weighted by Crippen LogP contribution is -2.28. The summed E-state index contributed by atoms with van der Waals surface area (Å²) < 4.78 is 4.95. The van der Waals surface area contributed by atoms with E-state index < -0.39 is 11.9 Å². The van der Waals surface area contributed by atoms with Crippen LogP contribution in [0.2, 0.25) is 0 Å². The molecule has 0 bridgehead atoms. The highest BCUT2D eigenvalue weighted by Gasteiger charge is 2.41. The van der Waals surface area contributed by atoms with Gasteiger partial charge in [-0.25, -0.2) is 0 Å². The van der Waals surface area contributed by atoms with Crippen molar-refractivity contribution in [3.63, 3.8) is 0 Å². The van der Waals surface area contributed by atoms with Crippen molar-refractivity contribution < 1.29 is 14.3 Å². The molecule has 90 valence electrons. The van der Waals surface area contributed by atoms with Crippen LogP contribution < -0.4 is 5.32 Å². The highest BCUT2D eigenvalue weighted by Crippen LogP contribution is 2.29. The van der Waals surface area contributed by atoms with Crippen LogP contribution in [0, 0.1) is 5.92 Å². The SMILES string of the molecule is CCOC(=O)[C@H]1C(=O)NC[C@H]1c1ccccc1. The van der Waals surface area contributed by atoms with Crippen molar-refractivity contribution >= 4 is 11.9 Å². The maximum Gasteiger partial charge on any atom is 0.319 e. The zero-order valence-electron chi connectivity index (χ0n) is 9.68. The number of amides is 1. The molecule has 1 N–H and O–H groups in total. The lowest BCUT2D eigenvalue weighted by atomic mass is 9.89. The van der Waals surface area contributed by atoms with Crippen molar-refractivity contribution in [2.45, 2.75) is 12.8 Å². The highest BCUT2D eigenvalue weighted by molar-refractivity contribution is 6.00. The van der Waals surface area contributed by atoms with Crippen LogP contribution in [0.15, 0.2) is 30.3 Å². The topological polar surface area (TPSA) is 55.4 Å². The van der Waals surface area contributed by atoms with Gasteiger partial charge in [0.05, 0.1) is 6.61 Å². The number of carbonyl (C=O) groups excluding carboxylic acids is 2. The fourth-order valence-corrected chi connectivity index (χ4v) is 2.13. The third-order valence-corrected chi connectivity index (χ3v) is 2.95. The van der Waals surface area contributed by atoms with Crippen molar-refractivity contribution in [2.75, 3.05) is 13.2 Å². The molecule has 4 heteroatoms. The van der Waals surface area contributed by atoms with Crippen molar-refractivity contribution in [3.8, 4) is 0 Å². The number of hydrogen-bond acceptors (Lipinski definition) is 3. The summed E-state index contributed by atoms with van der Waals surface area (Å²) in [5.74, 6) is -1.51. The molecule has 2 rings (SSSR count). The van der Waals surface area contributed by atoms with Gasteiger partial charge in [-0.05, 0) is 12.5 Å². The summed E-state index contributed by atoms with van der Waals surface area (Å²) in [6.45, 7) is 2.53. The largest absolute Gasteiger partial charge is 0.465 e. The van der Waals surface area contributed by atoms with Gasteiger partial charge in [0.15, 0.2) is 0 Å². The van der Waals surface area contributed by atoms with E-state index in [1.807, 2.05) is 30.3 Å². The van der Waals surface area contributed by atoms with Crippen LogP contribution in [0.3, 0.4) is 0 Å². The number of ether oxygens (including phenoxy) is 1. The first-order valence-corrected chi connectivity index (χ1v) is 5.73. The molecule has 0 aliphatic carbocycles. The Morgan fingerprint density at radius 2 is 2.12 bits per heavy atom. The van der Waals surface area contributed by atoms with Crippen molar-refractivity contribution in [3.05, 3.63) is 35.9 Å². The molecule has 1 aliphatic heterocycles. The Kier molecular flexibility index (Phi) is 3.42. The summed E-state index contributed by atoms with van der Waals surface area (Å²) in [6.07, 6.45) is 0. The highest BCUT2D eigenvalue weighted by atomic mass is 16.5. The van der Waals surface area contributed by atoms with Crippen molar-refractivity contribution in [2.24, 2.45) is 5.92 Å². The quantitative estimate of drug-likeness (QED) is 0.628. The van der Waals surface area contributed by atoms with Gasteiger partial charge in [0, 0.05) is 12.5 Å². The van der Waals surface area contributed by atoms with Crippen LogP contribution in [0.4, 0.5) is 0 Å². The summed E-state index contributed by atoms with van der Waals surface area (Å²) in [6, 6.07) is 9.57. The third kappa shape index (κ3) is 2.30. The van der Waals surface area contributed by atoms with E-state index >= 15 is 0 Å². The number of carbonyl (C=O) groups is 2. The Morgan fingerprint density at radius 1 is 1.41 bits per heavy atom. The number of benzene rings is 1. The van der Waals surface area contributed by atoms with Gasteiger partial charge >= 0.3 is 5.97 Å². The second-order valence-electron chi connectivity index (χ2n) is 3.99. The lowest BCUT2D eigenvalue weighted by Gasteiger charge is -2.15. The van der Waals surface area contributed by atoms with Gasteiger partial charge in [0.25, 0.3) is 0 Å². The van der Waals surface area contributed by atoms with Crippen molar-refractivity contribution in [1.29, 1.82) is 0 Å². The molecular weight excluding hydrogens is 218 g/mol. The molecule has 1 amide bonds. The fraction of sp³-hybridized carbons (Fsp3) is 0.385. The Labute approximate surface area is 100.0 Å². The molecule has 17 heavy (non-hydrogen) atoms. The molecule has 1 heterocycles. The van der Waals surface area contributed by atoms with Gasteiger partial charge in [0.2, 0.25) is 5.91 Å². The zero-order valence-corrected chi connectivity index (χ0v) is 9.68. The van der Waals surface area contributed by atoms with Gasteiger partial charge in [-0.15, -0.1) is 0 Å². The fourth-order valence-electron chi connectivity index (χ4n) is 2.13. The number of esters is 1. The standard InChI is InChI=1S/C13H15NO3/c1-2-17-13(16)11-10(8-14-12(11)15)9-6-4-3-5-7-9/h3-7,10-11H,2,8H2,1H3,(H,14,15)/t10-,11+/m0/s1. The first-order valence-electron chi connectivity index (χ1n) is 5.73. The second-order valence-corrected chi connectivity index (χ2v) is 3.99. The first kappa shape index (κ1) is 11.6. The van der Waals surface area contributed by atoms with Gasteiger partial charge in [-0.3, -0.25) is 9.59 Å². The van der Waals surface area contributed by atoms with E-state index in [0.29, 0.717) is 13.2 Å². The normalized spacial score (nSPS) is 23.2. The minimum absolute atomic E-state index is 0.122. The molecule has 0 spiro atoms. The van der Waals surface area contributed by atoms with E-state index in [-0.39, 0.29) is 11.8 Å². The van der Waals surface area contributed by atoms with E-state index in [0.717, 1.165) is 5.56 Å². The Hall–Kier alpha value is -1.84. The van der Waals surface area contributed by atoms with Crippen LogP contribution in [-0.2, 0) is 14.3 Å². The maximum atomic E-state index is 11.8. The predicted octanol–water partition coefficient (Wildman–Crippen LogP) is 1.08. The molecule has 2 atom stereocenters. The molecule has 1 saturated heterocycles. The number of rotatable bonds is 3. The second kappa shape index (κ2) is 4.99. The molecule has 1 aromatic rings. The summed E-state index contributed by atoms with van der Waals surface area (Å²) in [5, 5.41) is 2.72. The van der Waals surface area contributed by atoms with Crippen LogP contribution in [-0.4, -0.2) is 25.0 Å². The van der Waals surface area contributed by atoms with Crippen LogP contribution in [0.1, 0.15) is 18.4 Å². The van der Waals surface area contributed by atoms with Gasteiger partial charge in [-0.2, -0.15) is 0 Å². The maximum absolute atomic E-state index is 11.8. The minimum atomic E-state index is -0.711. The van der Waals surface area contributed by atoms with Crippen LogP contribution in [0.25, 0.3) is 0 Å². The Balaban J connectivity index is 2.22. The summed E-state index contributed by atoms with van der Waals surface area (Å²) in [4.78, 5) is 23.4. The van der Waals surface area contributed by atoms with E-state index in [9.17, 15) is 9.59 Å². The van der Waals surface area contributed by atoms with Crippen molar-refractivity contribution in [1.82, 2.24) is 5.32 Å². The minimum Gasteiger partial charge on any atom is -0.465 e. The van der Waals surface area contributed by atoms with Crippen LogP contribution in [0.5, 0.6) is 0 Å². The van der Waals surface area contributed by atoms with E-state index in [1.165, 1.54) is 0 Å². The zero-order chi connectivity index (χ0) is 12.3. The molecule has 4 nitrogen and oxygen atoms in total. The third-order valence-electron chi connectivity index (χ3n) is 2.95. The predicted molar refractivity (Wildman–Crippen MR) is 62.3 cm³/mol. The molecule has 1 fully saturated rings. The monoisotopic (exact) mass is 233 g/mol. The van der Waals surface area contributed by atoms with E-state index in [2.05, 4.69) is 5.32 Å². The first-order chi connectivity index (χ1) is 8.24. The smallest absolute Gasteiger partial charge is 0.319 e. The van der Waals surface area contributed by atoms with Gasteiger partial charge < -0.3 is 10.1 Å². The Bertz CT molecular complexity index is 416. The summed E-state index contributed by atoms with van der Waals surface area (Å²) >= 11 is 0. The number of nitrogens with one attached hydrogen (secondary N) is 1. The molecule has 0 unspecified atom stereocenters. The average Bonchev–Trinajstić information content (AvgIpc) is 2.73. The lowest BCUT2D eigenvalue weighted by molar-refractivity contribution is -0.151. The molecule has 0 radical (unpaired) electrons. The van der Waals surface area contributed by atoms with Crippen LogP contribution >= 0.6 is 0 Å².